The molecule has 2 nitrogen and oxygen atoms in total. The number of nitrogens with one attached hydrogen (secondary N) is 1. The molecule has 40 heavy (non-hydrogen) atoms. The van der Waals surface area contributed by atoms with E-state index in [1.54, 1.807) is 0 Å². The molecule has 0 aliphatic carbocycles. The zero-order chi connectivity index (χ0) is 26.7. The maximum atomic E-state index is 3.49. The zero-order valence-electron chi connectivity index (χ0n) is 22.0. The lowest BCUT2D eigenvalue weighted by Gasteiger charge is -2.25. The van der Waals surface area contributed by atoms with Crippen molar-refractivity contribution in [2.45, 2.75) is 0 Å². The van der Waals surface area contributed by atoms with Gasteiger partial charge in [-0.15, -0.1) is 0 Å². The summed E-state index contributed by atoms with van der Waals surface area (Å²) in [5, 5.41) is 8.39. The molecule has 0 atom stereocenters. The standard InChI is InChI=1S/C38H28N2/c1-4-10-34(11-5-1)39-35-22-20-30-24-28(16-18-32(30)26-35)29-17-19-33-27-38(23-21-31(33)25-29)40(36-12-6-2-7-13-36)37-14-8-3-9-15-37/h1-27,39H. The highest BCUT2D eigenvalue weighted by Gasteiger charge is 2.12. The second kappa shape index (κ2) is 10.4. The Bertz CT molecular complexity index is 1870. The number of rotatable bonds is 6. The molecule has 0 aliphatic heterocycles. The second-order valence-corrected chi connectivity index (χ2v) is 10.0. The van der Waals surface area contributed by atoms with Crippen LogP contribution in [-0.2, 0) is 0 Å². The van der Waals surface area contributed by atoms with Gasteiger partial charge in [-0.05, 0) is 105 Å². The Balaban J connectivity index is 1.20. The fraction of sp³-hybridized carbons (Fsp3) is 0. The SMILES string of the molecule is c1ccc(Nc2ccc3cc(-c4ccc5cc(N(c6ccccc6)c6ccccc6)ccc5c4)ccc3c2)cc1. The predicted octanol–water partition coefficient (Wildman–Crippen LogP) is 10.9. The van der Waals surface area contributed by atoms with Gasteiger partial charge in [0.1, 0.15) is 0 Å². The number of para-hydroxylation sites is 3. The van der Waals surface area contributed by atoms with Gasteiger partial charge in [0.15, 0.2) is 0 Å². The van der Waals surface area contributed by atoms with Gasteiger partial charge in [0.05, 0.1) is 0 Å². The summed E-state index contributed by atoms with van der Waals surface area (Å²) in [4.78, 5) is 2.30. The summed E-state index contributed by atoms with van der Waals surface area (Å²) in [6.07, 6.45) is 0. The summed E-state index contributed by atoms with van der Waals surface area (Å²) in [6.45, 7) is 0. The molecule has 0 aromatic heterocycles. The van der Waals surface area contributed by atoms with Crippen molar-refractivity contribution in [3.05, 3.63) is 164 Å². The Labute approximate surface area is 234 Å². The van der Waals surface area contributed by atoms with Gasteiger partial charge in [-0.3, -0.25) is 0 Å². The van der Waals surface area contributed by atoms with Gasteiger partial charge < -0.3 is 10.2 Å². The molecule has 0 unspecified atom stereocenters. The van der Waals surface area contributed by atoms with Crippen LogP contribution in [0.2, 0.25) is 0 Å². The Morgan fingerprint density at radius 3 is 1.40 bits per heavy atom. The quantitative estimate of drug-likeness (QED) is 0.238. The normalized spacial score (nSPS) is 11.0. The van der Waals surface area contributed by atoms with Crippen LogP contribution in [0.4, 0.5) is 28.4 Å². The average molecular weight is 513 g/mol. The highest BCUT2D eigenvalue weighted by molar-refractivity contribution is 5.94. The molecular formula is C38H28N2. The lowest BCUT2D eigenvalue weighted by atomic mass is 9.98. The van der Waals surface area contributed by atoms with E-state index >= 15 is 0 Å². The summed E-state index contributed by atoms with van der Waals surface area (Å²) in [5.41, 5.74) is 8.05. The minimum absolute atomic E-state index is 1.09. The predicted molar refractivity (Wildman–Crippen MR) is 171 cm³/mol. The third kappa shape index (κ3) is 4.79. The molecule has 0 heterocycles. The molecule has 0 spiro atoms. The van der Waals surface area contributed by atoms with E-state index in [0.717, 1.165) is 28.4 Å². The number of fused-ring (bicyclic) bond motifs is 2. The van der Waals surface area contributed by atoms with Crippen LogP contribution in [-0.4, -0.2) is 0 Å². The van der Waals surface area contributed by atoms with Crippen LogP contribution in [0.5, 0.6) is 0 Å². The molecule has 7 aromatic carbocycles. The Morgan fingerprint density at radius 2 is 0.800 bits per heavy atom. The molecule has 190 valence electrons. The summed E-state index contributed by atoms with van der Waals surface area (Å²) >= 11 is 0. The molecule has 7 aromatic rings. The Hall–Kier alpha value is -5.34. The first-order valence-corrected chi connectivity index (χ1v) is 13.6. The van der Waals surface area contributed by atoms with Crippen LogP contribution in [0.3, 0.4) is 0 Å². The van der Waals surface area contributed by atoms with Crippen LogP contribution < -0.4 is 10.2 Å². The summed E-state index contributed by atoms with van der Waals surface area (Å²) < 4.78 is 0. The molecule has 0 amide bonds. The maximum absolute atomic E-state index is 3.49. The first kappa shape index (κ1) is 23.8. The molecule has 0 radical (unpaired) electrons. The third-order valence-corrected chi connectivity index (χ3v) is 7.35. The molecule has 0 bridgehead atoms. The van der Waals surface area contributed by atoms with Crippen molar-refractivity contribution in [2.75, 3.05) is 10.2 Å². The molecule has 0 fully saturated rings. The van der Waals surface area contributed by atoms with E-state index in [-0.39, 0.29) is 0 Å². The van der Waals surface area contributed by atoms with E-state index in [9.17, 15) is 0 Å². The molecule has 2 heteroatoms. The van der Waals surface area contributed by atoms with E-state index in [4.69, 9.17) is 0 Å². The molecule has 0 aliphatic rings. The number of hydrogen-bond donors (Lipinski definition) is 1. The summed E-state index contributed by atoms with van der Waals surface area (Å²) in [6, 6.07) is 58.1. The van der Waals surface area contributed by atoms with Gasteiger partial charge in [0, 0.05) is 28.4 Å². The Morgan fingerprint density at radius 1 is 0.325 bits per heavy atom. The topological polar surface area (TPSA) is 15.3 Å². The molecule has 7 rings (SSSR count). The smallest absolute Gasteiger partial charge is 0.0468 e. The van der Waals surface area contributed by atoms with Crippen LogP contribution in [0.25, 0.3) is 32.7 Å². The fourth-order valence-corrected chi connectivity index (χ4v) is 5.34. The second-order valence-electron chi connectivity index (χ2n) is 10.0. The number of hydrogen-bond acceptors (Lipinski definition) is 2. The van der Waals surface area contributed by atoms with E-state index in [1.165, 1.54) is 32.7 Å². The summed E-state index contributed by atoms with van der Waals surface area (Å²) in [7, 11) is 0. The van der Waals surface area contributed by atoms with Crippen molar-refractivity contribution in [3.63, 3.8) is 0 Å². The minimum atomic E-state index is 1.09. The van der Waals surface area contributed by atoms with Crippen molar-refractivity contribution in [1.82, 2.24) is 0 Å². The van der Waals surface area contributed by atoms with Crippen LogP contribution in [0.15, 0.2) is 164 Å². The number of nitrogens with zero attached hydrogens (tertiary/aromatic N) is 1. The van der Waals surface area contributed by atoms with Gasteiger partial charge in [-0.25, -0.2) is 0 Å². The van der Waals surface area contributed by atoms with E-state index < -0.39 is 0 Å². The van der Waals surface area contributed by atoms with Crippen LogP contribution in [0, 0.1) is 0 Å². The maximum Gasteiger partial charge on any atom is 0.0468 e. The third-order valence-electron chi connectivity index (χ3n) is 7.35. The highest BCUT2D eigenvalue weighted by atomic mass is 15.1. The van der Waals surface area contributed by atoms with E-state index in [0.29, 0.717) is 0 Å². The van der Waals surface area contributed by atoms with Crippen LogP contribution in [0.1, 0.15) is 0 Å². The van der Waals surface area contributed by atoms with E-state index in [2.05, 4.69) is 156 Å². The lowest BCUT2D eigenvalue weighted by Crippen LogP contribution is -2.09. The van der Waals surface area contributed by atoms with Crippen LogP contribution >= 0.6 is 0 Å². The van der Waals surface area contributed by atoms with Crippen molar-refractivity contribution < 1.29 is 0 Å². The van der Waals surface area contributed by atoms with Gasteiger partial charge in [0.25, 0.3) is 0 Å². The average Bonchev–Trinajstić information content (AvgIpc) is 3.02. The summed E-state index contributed by atoms with van der Waals surface area (Å²) in [5.74, 6) is 0. The van der Waals surface area contributed by atoms with Gasteiger partial charge in [0.2, 0.25) is 0 Å². The molecule has 0 saturated heterocycles. The van der Waals surface area contributed by atoms with Crippen molar-refractivity contribution in [2.24, 2.45) is 0 Å². The monoisotopic (exact) mass is 512 g/mol. The van der Waals surface area contributed by atoms with E-state index in [1.807, 2.05) is 18.2 Å². The van der Waals surface area contributed by atoms with Crippen molar-refractivity contribution in [3.8, 4) is 11.1 Å². The van der Waals surface area contributed by atoms with Gasteiger partial charge >= 0.3 is 0 Å². The number of benzene rings is 7. The van der Waals surface area contributed by atoms with Gasteiger partial charge in [-0.2, -0.15) is 0 Å². The first-order chi connectivity index (χ1) is 19.8. The van der Waals surface area contributed by atoms with Crippen molar-refractivity contribution in [1.29, 1.82) is 0 Å². The minimum Gasteiger partial charge on any atom is -0.356 e. The highest BCUT2D eigenvalue weighted by Crippen LogP contribution is 2.37. The Kier molecular flexibility index (Phi) is 6.20. The zero-order valence-corrected chi connectivity index (χ0v) is 22.0. The first-order valence-electron chi connectivity index (χ1n) is 13.6. The van der Waals surface area contributed by atoms with Gasteiger partial charge in [-0.1, -0.05) is 91.0 Å². The largest absolute Gasteiger partial charge is 0.356 e. The molecule has 0 saturated carbocycles. The van der Waals surface area contributed by atoms with Crippen molar-refractivity contribution >= 4 is 50.0 Å². The number of anilines is 5. The molecular weight excluding hydrogens is 484 g/mol. The lowest BCUT2D eigenvalue weighted by molar-refractivity contribution is 1.29. The fourth-order valence-electron chi connectivity index (χ4n) is 5.34. The molecule has 1 N–H and O–H groups in total.